The van der Waals surface area contributed by atoms with Crippen LogP contribution in [-0.2, 0) is 10.0 Å². The van der Waals surface area contributed by atoms with Crippen LogP contribution in [0.2, 0.25) is 0 Å². The van der Waals surface area contributed by atoms with Gasteiger partial charge >= 0.3 is 0 Å². The minimum absolute atomic E-state index is 0.111. The monoisotopic (exact) mass is 336 g/mol. The molecule has 0 heterocycles. The Hall–Kier alpha value is -1.85. The highest BCUT2D eigenvalue weighted by Gasteiger charge is 2.13. The molecule has 0 atom stereocenters. The molecule has 0 unspecified atom stereocenters. The summed E-state index contributed by atoms with van der Waals surface area (Å²) in [4.78, 5) is 2.40. The molecule has 2 aromatic carbocycles. The average molecular weight is 337 g/mol. The van der Waals surface area contributed by atoms with Crippen LogP contribution in [0.15, 0.2) is 58.5 Å². The molecule has 1 N–H and O–H groups in total. The number of nitrogens with zero attached hydrogens (tertiary/aromatic N) is 1. The van der Waals surface area contributed by atoms with Gasteiger partial charge in [0.15, 0.2) is 0 Å². The van der Waals surface area contributed by atoms with Crippen molar-refractivity contribution >= 4 is 27.3 Å². The van der Waals surface area contributed by atoms with Gasteiger partial charge in [0, 0.05) is 0 Å². The molecule has 2 rings (SSSR count). The van der Waals surface area contributed by atoms with E-state index in [1.165, 1.54) is 0 Å². The van der Waals surface area contributed by atoms with Crippen LogP contribution in [0, 0.1) is 13.8 Å². The first kappa shape index (κ1) is 16.5. The summed E-state index contributed by atoms with van der Waals surface area (Å²) in [5.74, 6) is 0.111. The van der Waals surface area contributed by atoms with Gasteiger partial charge in [-0.3, -0.25) is 0 Å². The minimum Gasteiger partial charge on any atom is -0.200 e. The lowest BCUT2D eigenvalue weighted by molar-refractivity contribution is 0.584. The van der Waals surface area contributed by atoms with Crippen molar-refractivity contribution in [1.82, 2.24) is 4.83 Å². The van der Waals surface area contributed by atoms with E-state index in [0.717, 1.165) is 16.7 Å². The van der Waals surface area contributed by atoms with Crippen molar-refractivity contribution in [3.63, 3.8) is 0 Å². The highest BCUT2D eigenvalue weighted by molar-refractivity contribution is 7.89. The van der Waals surface area contributed by atoms with E-state index in [2.05, 4.69) is 9.93 Å². The van der Waals surface area contributed by atoms with Gasteiger partial charge in [-0.2, -0.15) is 18.4 Å². The molecule has 0 aliphatic carbocycles. The van der Waals surface area contributed by atoms with Crippen LogP contribution in [0.5, 0.6) is 0 Å². The maximum absolute atomic E-state index is 12.2. The Labute approximate surface area is 135 Å². The van der Waals surface area contributed by atoms with Crippen molar-refractivity contribution < 1.29 is 8.42 Å². The van der Waals surface area contributed by atoms with Crippen LogP contribution in [0.25, 0.3) is 0 Å². The number of hydrazone groups is 1. The zero-order valence-corrected chi connectivity index (χ0v) is 13.9. The largest absolute Gasteiger partial charge is 0.276 e. The van der Waals surface area contributed by atoms with E-state index < -0.39 is 10.0 Å². The molecular weight excluding hydrogens is 320 g/mol. The van der Waals surface area contributed by atoms with E-state index in [1.807, 2.05) is 38.1 Å². The van der Waals surface area contributed by atoms with Crippen LogP contribution < -0.4 is 4.83 Å². The predicted molar refractivity (Wildman–Crippen MR) is 89.9 cm³/mol. The second-order valence-electron chi connectivity index (χ2n) is 4.97. The molecule has 6 heteroatoms. The molecule has 0 saturated carbocycles. The Balaban J connectivity index is 2.24. The number of hydrogen-bond acceptors (Lipinski definition) is 3. The van der Waals surface area contributed by atoms with Crippen molar-refractivity contribution in [2.75, 3.05) is 5.88 Å². The Morgan fingerprint density at radius 1 is 1.00 bits per heavy atom. The quantitative estimate of drug-likeness (QED) is 0.517. The minimum atomic E-state index is -3.69. The van der Waals surface area contributed by atoms with Gasteiger partial charge < -0.3 is 0 Å². The summed E-state index contributed by atoms with van der Waals surface area (Å²) in [5, 5.41) is 3.96. The molecule has 0 spiro atoms. The Morgan fingerprint density at radius 2 is 1.50 bits per heavy atom. The molecule has 0 radical (unpaired) electrons. The van der Waals surface area contributed by atoms with Gasteiger partial charge in [-0.15, -0.1) is 11.6 Å². The predicted octanol–water partition coefficient (Wildman–Crippen LogP) is 3.22. The normalized spacial score (nSPS) is 12.2. The number of rotatable bonds is 5. The second-order valence-corrected chi connectivity index (χ2v) is 6.89. The Bertz CT molecular complexity index is 767. The van der Waals surface area contributed by atoms with E-state index in [1.54, 1.807) is 24.3 Å². The van der Waals surface area contributed by atoms with Crippen molar-refractivity contribution in [3.8, 4) is 0 Å². The maximum atomic E-state index is 12.2. The van der Waals surface area contributed by atoms with Crippen molar-refractivity contribution in [2.45, 2.75) is 18.7 Å². The molecule has 0 aliphatic rings. The third kappa shape index (κ3) is 4.08. The summed E-state index contributed by atoms with van der Waals surface area (Å²) in [6, 6.07) is 14.1. The molecule has 0 aromatic heterocycles. The zero-order chi connectivity index (χ0) is 16.2. The fourth-order valence-electron chi connectivity index (χ4n) is 1.80. The van der Waals surface area contributed by atoms with E-state index in [9.17, 15) is 8.42 Å². The molecule has 2 aromatic rings. The Kier molecular flexibility index (Phi) is 5.21. The van der Waals surface area contributed by atoms with E-state index in [0.29, 0.717) is 5.71 Å². The highest BCUT2D eigenvalue weighted by Crippen LogP contribution is 2.11. The lowest BCUT2D eigenvalue weighted by Crippen LogP contribution is -2.21. The fraction of sp³-hybridized carbons (Fsp3) is 0.188. The van der Waals surface area contributed by atoms with Crippen LogP contribution in [0.4, 0.5) is 0 Å². The van der Waals surface area contributed by atoms with E-state index in [-0.39, 0.29) is 10.8 Å². The molecule has 22 heavy (non-hydrogen) atoms. The smallest absolute Gasteiger partial charge is 0.200 e. The van der Waals surface area contributed by atoms with Crippen molar-refractivity contribution in [2.24, 2.45) is 5.10 Å². The number of sulfonamides is 1. The Morgan fingerprint density at radius 3 is 2.00 bits per heavy atom. The first-order valence-electron chi connectivity index (χ1n) is 6.70. The van der Waals surface area contributed by atoms with Gasteiger partial charge in [-0.25, -0.2) is 0 Å². The first-order valence-corrected chi connectivity index (χ1v) is 8.72. The summed E-state index contributed by atoms with van der Waals surface area (Å²) in [7, 11) is -3.69. The summed E-state index contributed by atoms with van der Waals surface area (Å²) in [6.07, 6.45) is 0. The first-order chi connectivity index (χ1) is 10.4. The number of alkyl halides is 1. The number of aryl methyl sites for hydroxylation is 2. The summed E-state index contributed by atoms with van der Waals surface area (Å²) >= 11 is 5.87. The van der Waals surface area contributed by atoms with Gasteiger partial charge in [0.25, 0.3) is 10.0 Å². The number of hydrogen-bond donors (Lipinski definition) is 1. The summed E-state index contributed by atoms with van der Waals surface area (Å²) in [6.45, 7) is 3.87. The second kappa shape index (κ2) is 6.94. The molecule has 0 fully saturated rings. The average Bonchev–Trinajstić information content (AvgIpc) is 2.50. The van der Waals surface area contributed by atoms with Crippen molar-refractivity contribution in [3.05, 3.63) is 65.2 Å². The SMILES string of the molecule is Cc1ccc(C(CCl)=NNS(=O)(=O)c2ccc(C)cc2)cc1. The molecule has 0 amide bonds. The van der Waals surface area contributed by atoms with Crippen LogP contribution in [-0.4, -0.2) is 20.0 Å². The van der Waals surface area contributed by atoms with Gasteiger partial charge in [-0.1, -0.05) is 47.5 Å². The highest BCUT2D eigenvalue weighted by atomic mass is 35.5. The van der Waals surface area contributed by atoms with Crippen LogP contribution in [0.3, 0.4) is 0 Å². The van der Waals surface area contributed by atoms with Gasteiger partial charge in [0.1, 0.15) is 0 Å². The topological polar surface area (TPSA) is 58.5 Å². The lowest BCUT2D eigenvalue weighted by Gasteiger charge is -2.07. The number of nitrogens with one attached hydrogen (secondary N) is 1. The van der Waals surface area contributed by atoms with Gasteiger partial charge in [-0.05, 0) is 31.5 Å². The molecule has 4 nitrogen and oxygen atoms in total. The third-order valence-corrected chi connectivity index (χ3v) is 4.62. The standard InChI is InChI=1S/C16H17ClN2O2S/c1-12-3-7-14(8-4-12)16(11-17)18-19-22(20,21)15-9-5-13(2)6-10-15/h3-10,19H,11H2,1-2H3. The molecular formula is C16H17ClN2O2S. The van der Waals surface area contributed by atoms with E-state index in [4.69, 9.17) is 11.6 Å². The van der Waals surface area contributed by atoms with Crippen LogP contribution >= 0.6 is 11.6 Å². The molecule has 0 bridgehead atoms. The summed E-state index contributed by atoms with van der Waals surface area (Å²) in [5.41, 5.74) is 3.35. The van der Waals surface area contributed by atoms with Gasteiger partial charge in [0.05, 0.1) is 16.5 Å². The third-order valence-electron chi connectivity index (χ3n) is 3.14. The maximum Gasteiger partial charge on any atom is 0.276 e. The summed E-state index contributed by atoms with van der Waals surface area (Å²) < 4.78 is 24.4. The lowest BCUT2D eigenvalue weighted by atomic mass is 10.1. The zero-order valence-electron chi connectivity index (χ0n) is 12.4. The van der Waals surface area contributed by atoms with Crippen LogP contribution in [0.1, 0.15) is 16.7 Å². The van der Waals surface area contributed by atoms with Gasteiger partial charge in [0.2, 0.25) is 0 Å². The molecule has 116 valence electrons. The molecule has 0 saturated heterocycles. The number of halogens is 1. The van der Waals surface area contributed by atoms with Crippen molar-refractivity contribution in [1.29, 1.82) is 0 Å². The fourth-order valence-corrected chi connectivity index (χ4v) is 2.85. The van der Waals surface area contributed by atoms with E-state index >= 15 is 0 Å². The number of benzene rings is 2. The molecule has 0 aliphatic heterocycles.